The van der Waals surface area contributed by atoms with Gasteiger partial charge in [-0.05, 0) is 29.9 Å². The predicted octanol–water partition coefficient (Wildman–Crippen LogP) is 0.0407. The van der Waals surface area contributed by atoms with Gasteiger partial charge in [-0.15, -0.1) is 0 Å². The van der Waals surface area contributed by atoms with Gasteiger partial charge in [0.25, 0.3) is 0 Å². The number of Topliss-reactive ketones (excluding diaryl/α,β-unsaturated/α-hetero) is 2. The summed E-state index contributed by atoms with van der Waals surface area (Å²) in [7, 11) is 0. The maximum atomic E-state index is 13.3. The molecule has 2 aromatic carbocycles. The first kappa shape index (κ1) is 28.3. The number of hydrogen-bond donors (Lipinski definition) is 6. The molecule has 0 saturated heterocycles. The monoisotopic (exact) mass is 485 g/mol. The predicted molar refractivity (Wildman–Crippen MR) is 131 cm³/mol. The number of carbonyl (C=O) groups is 3. The summed E-state index contributed by atoms with van der Waals surface area (Å²) in [5, 5.41) is 31.4. The number of rotatable bonds is 13. The van der Waals surface area contributed by atoms with Crippen molar-refractivity contribution >= 4 is 17.5 Å². The van der Waals surface area contributed by atoms with Crippen LogP contribution in [0.4, 0.5) is 0 Å². The van der Waals surface area contributed by atoms with Crippen molar-refractivity contribution in [3.8, 4) is 0 Å². The molecule has 9 nitrogen and oxygen atoms in total. The van der Waals surface area contributed by atoms with Crippen molar-refractivity contribution in [2.24, 2.45) is 29.0 Å². The van der Waals surface area contributed by atoms with Crippen molar-refractivity contribution < 1.29 is 29.7 Å². The van der Waals surface area contributed by atoms with Gasteiger partial charge in [-0.25, -0.2) is 4.79 Å². The molecule has 5 unspecified atom stereocenters. The highest BCUT2D eigenvalue weighted by molar-refractivity contribution is 6.14. The molecule has 0 spiro atoms. The highest BCUT2D eigenvalue weighted by atomic mass is 16.4. The second-order valence-electron chi connectivity index (χ2n) is 9.26. The largest absolute Gasteiger partial charge is 0.480 e. The third-order valence-corrected chi connectivity index (χ3v) is 6.23. The minimum absolute atomic E-state index is 0.0777. The first-order chi connectivity index (χ1) is 16.4. The standard InChI is InChI=1S/C26H35N3O6/c1-15(2)20(23(32)21(30)18(27)13-16-9-5-3-6-10-16)26(29,25(34)35)24(33)22(31)19(28)14-17-11-7-4-8-12-17/h3-12,15,18-22,30-31H,13-14,27-29H2,1-2H3,(H,34,35)/t18?,19?,20?,21?,22?,26-/m1/s1. The van der Waals surface area contributed by atoms with Gasteiger partial charge in [0, 0.05) is 12.1 Å². The van der Waals surface area contributed by atoms with Crippen molar-refractivity contribution in [2.75, 3.05) is 0 Å². The fourth-order valence-corrected chi connectivity index (χ4v) is 4.30. The van der Waals surface area contributed by atoms with E-state index in [2.05, 4.69) is 0 Å². The quantitative estimate of drug-likeness (QED) is 0.213. The minimum atomic E-state index is -2.83. The van der Waals surface area contributed by atoms with Crippen LogP contribution in [-0.2, 0) is 27.2 Å². The first-order valence-corrected chi connectivity index (χ1v) is 11.5. The van der Waals surface area contributed by atoms with E-state index in [-0.39, 0.29) is 12.8 Å². The lowest BCUT2D eigenvalue weighted by Gasteiger charge is -2.37. The maximum Gasteiger partial charge on any atom is 0.332 e. The zero-order valence-corrected chi connectivity index (χ0v) is 20.0. The number of carboxylic acid groups (broad SMARTS) is 1. The van der Waals surface area contributed by atoms with E-state index in [0.717, 1.165) is 11.1 Å². The fraction of sp³-hybridized carbons (Fsp3) is 0.423. The Kier molecular flexibility index (Phi) is 9.82. The van der Waals surface area contributed by atoms with Crippen molar-refractivity contribution in [1.29, 1.82) is 0 Å². The summed E-state index contributed by atoms with van der Waals surface area (Å²) in [6.45, 7) is 3.01. The minimum Gasteiger partial charge on any atom is -0.480 e. The molecule has 9 N–H and O–H groups in total. The second-order valence-corrected chi connectivity index (χ2v) is 9.26. The lowest BCUT2D eigenvalue weighted by molar-refractivity contribution is -0.160. The van der Waals surface area contributed by atoms with Crippen LogP contribution in [0.5, 0.6) is 0 Å². The Balaban J connectivity index is 2.31. The number of carboxylic acids is 1. The smallest absolute Gasteiger partial charge is 0.332 e. The molecule has 2 rings (SSSR count). The molecule has 0 aromatic heterocycles. The highest BCUT2D eigenvalue weighted by Gasteiger charge is 2.57. The van der Waals surface area contributed by atoms with E-state index in [1.54, 1.807) is 60.7 Å². The van der Waals surface area contributed by atoms with Crippen molar-refractivity contribution in [1.82, 2.24) is 0 Å². The molecule has 0 radical (unpaired) electrons. The van der Waals surface area contributed by atoms with Gasteiger partial charge >= 0.3 is 5.97 Å². The van der Waals surface area contributed by atoms with Crippen LogP contribution < -0.4 is 17.2 Å². The number of ketones is 2. The van der Waals surface area contributed by atoms with Crippen molar-refractivity contribution in [2.45, 2.75) is 56.5 Å². The lowest BCUT2D eigenvalue weighted by atomic mass is 9.69. The Morgan fingerprint density at radius 3 is 1.57 bits per heavy atom. The summed E-state index contributed by atoms with van der Waals surface area (Å²) in [6, 6.07) is 15.5. The van der Waals surface area contributed by atoms with Crippen LogP contribution in [0.25, 0.3) is 0 Å². The molecule has 0 fully saturated rings. The van der Waals surface area contributed by atoms with Gasteiger partial charge in [0.2, 0.25) is 0 Å². The molecule has 0 heterocycles. The number of carbonyl (C=O) groups excluding carboxylic acids is 2. The van der Waals surface area contributed by atoms with E-state index >= 15 is 0 Å². The number of benzene rings is 2. The summed E-state index contributed by atoms with van der Waals surface area (Å²) in [4.78, 5) is 38.9. The first-order valence-electron chi connectivity index (χ1n) is 11.5. The molecule has 0 saturated carbocycles. The average molecular weight is 486 g/mol. The Bertz CT molecular complexity index is 1000. The SMILES string of the molecule is CC(C)C(C(=O)C(O)C(N)Cc1ccccc1)[C@](N)(C(=O)O)C(=O)C(O)C(N)Cc1ccccc1. The van der Waals surface area contributed by atoms with Crippen LogP contribution in [-0.4, -0.2) is 62.7 Å². The summed E-state index contributed by atoms with van der Waals surface area (Å²) in [6.07, 6.45) is -3.52. The normalized spacial score (nSPS) is 17.6. The Labute approximate surface area is 204 Å². The third-order valence-electron chi connectivity index (χ3n) is 6.23. The molecular formula is C26H35N3O6. The zero-order chi connectivity index (χ0) is 26.3. The summed E-state index contributed by atoms with van der Waals surface area (Å²) < 4.78 is 0. The number of aliphatic hydroxyl groups excluding tert-OH is 2. The van der Waals surface area contributed by atoms with Gasteiger partial charge in [0.05, 0.1) is 5.92 Å². The molecular weight excluding hydrogens is 450 g/mol. The highest BCUT2D eigenvalue weighted by Crippen LogP contribution is 2.29. The molecule has 0 aliphatic rings. The summed E-state index contributed by atoms with van der Waals surface area (Å²) >= 11 is 0. The van der Waals surface area contributed by atoms with Gasteiger partial charge in [0.15, 0.2) is 17.1 Å². The van der Waals surface area contributed by atoms with Crippen molar-refractivity contribution in [3.63, 3.8) is 0 Å². The molecule has 0 aliphatic carbocycles. The summed E-state index contributed by atoms with van der Waals surface area (Å²) in [5.74, 6) is -6.52. The van der Waals surface area contributed by atoms with E-state index in [1.165, 1.54) is 13.8 Å². The van der Waals surface area contributed by atoms with E-state index in [4.69, 9.17) is 17.2 Å². The topological polar surface area (TPSA) is 190 Å². The second kappa shape index (κ2) is 12.1. The number of nitrogens with two attached hydrogens (primary N) is 3. The molecule has 9 heteroatoms. The van der Waals surface area contributed by atoms with Gasteiger partial charge in [-0.2, -0.15) is 0 Å². The maximum absolute atomic E-state index is 13.3. The van der Waals surface area contributed by atoms with Crippen LogP contribution in [0.15, 0.2) is 60.7 Å². The van der Waals surface area contributed by atoms with E-state index in [9.17, 15) is 29.7 Å². The van der Waals surface area contributed by atoms with Crippen LogP contribution in [0.2, 0.25) is 0 Å². The van der Waals surface area contributed by atoms with E-state index in [1.807, 2.05) is 0 Å². The lowest BCUT2D eigenvalue weighted by Crippen LogP contribution is -2.69. The third kappa shape index (κ3) is 6.59. The van der Waals surface area contributed by atoms with Gasteiger partial charge in [-0.3, -0.25) is 9.59 Å². The number of aliphatic hydroxyl groups is 2. The Morgan fingerprint density at radius 1 is 0.800 bits per heavy atom. The van der Waals surface area contributed by atoms with Gasteiger partial charge < -0.3 is 32.5 Å². The molecule has 190 valence electrons. The van der Waals surface area contributed by atoms with Crippen LogP contribution in [0, 0.1) is 11.8 Å². The van der Waals surface area contributed by atoms with E-state index < -0.39 is 59.2 Å². The molecule has 6 atom stereocenters. The summed E-state index contributed by atoms with van der Waals surface area (Å²) in [5.41, 5.74) is 16.9. The molecule has 2 aromatic rings. The van der Waals surface area contributed by atoms with Crippen LogP contribution >= 0.6 is 0 Å². The molecule has 0 aliphatic heterocycles. The molecule has 0 amide bonds. The van der Waals surface area contributed by atoms with Crippen LogP contribution in [0.1, 0.15) is 25.0 Å². The van der Waals surface area contributed by atoms with Gasteiger partial charge in [-0.1, -0.05) is 74.5 Å². The van der Waals surface area contributed by atoms with Crippen molar-refractivity contribution in [3.05, 3.63) is 71.8 Å². The Morgan fingerprint density at radius 2 is 1.20 bits per heavy atom. The average Bonchev–Trinajstić information content (AvgIpc) is 2.83. The molecule has 35 heavy (non-hydrogen) atoms. The molecule has 0 bridgehead atoms. The Hall–Kier alpha value is -2.95. The van der Waals surface area contributed by atoms with Crippen LogP contribution in [0.3, 0.4) is 0 Å². The van der Waals surface area contributed by atoms with Gasteiger partial charge in [0.1, 0.15) is 12.2 Å². The van der Waals surface area contributed by atoms with E-state index in [0.29, 0.717) is 0 Å². The number of aliphatic carboxylic acids is 1. The fourth-order valence-electron chi connectivity index (χ4n) is 4.30. The zero-order valence-electron chi connectivity index (χ0n) is 20.0. The number of hydrogen-bond acceptors (Lipinski definition) is 8.